The molecule has 0 spiro atoms. The van der Waals surface area contributed by atoms with Gasteiger partial charge in [0, 0.05) is 6.92 Å². The molecule has 3 N–H and O–H groups in total. The zero-order valence-electron chi connectivity index (χ0n) is 8.17. The molecule has 5 nitrogen and oxygen atoms in total. The first-order valence-electron chi connectivity index (χ1n) is 4.34. The van der Waals surface area contributed by atoms with Crippen LogP contribution >= 0.6 is 0 Å². The minimum absolute atomic E-state index is 0.265. The van der Waals surface area contributed by atoms with Crippen LogP contribution in [0.3, 0.4) is 0 Å². The monoisotopic (exact) mass is 212 g/mol. The van der Waals surface area contributed by atoms with Gasteiger partial charge in [-0.05, 0) is 17.7 Å². The van der Waals surface area contributed by atoms with Gasteiger partial charge in [-0.2, -0.15) is 0 Å². The molecular formula is C10H12O5. The van der Waals surface area contributed by atoms with Gasteiger partial charge < -0.3 is 20.1 Å². The SMILES string of the molecule is CC(=O)OC(CO)c1ccc(O)c(O)c1. The summed E-state index contributed by atoms with van der Waals surface area (Å²) in [5, 5.41) is 27.2. The van der Waals surface area contributed by atoms with E-state index in [2.05, 4.69) is 0 Å². The molecule has 0 aliphatic heterocycles. The lowest BCUT2D eigenvalue weighted by molar-refractivity contribution is -0.148. The highest BCUT2D eigenvalue weighted by molar-refractivity contribution is 5.66. The molecule has 0 saturated carbocycles. The highest BCUT2D eigenvalue weighted by Crippen LogP contribution is 2.28. The summed E-state index contributed by atoms with van der Waals surface area (Å²) in [6.45, 7) is 0.840. The number of ether oxygens (including phenoxy) is 1. The maximum absolute atomic E-state index is 10.7. The van der Waals surface area contributed by atoms with Crippen LogP contribution in [-0.2, 0) is 9.53 Å². The van der Waals surface area contributed by atoms with Crippen LogP contribution in [0.15, 0.2) is 18.2 Å². The normalized spacial score (nSPS) is 12.1. The van der Waals surface area contributed by atoms with Crippen molar-refractivity contribution in [2.75, 3.05) is 6.61 Å². The third kappa shape index (κ3) is 2.85. The summed E-state index contributed by atoms with van der Waals surface area (Å²) >= 11 is 0. The van der Waals surface area contributed by atoms with Crippen LogP contribution < -0.4 is 0 Å². The number of phenols is 2. The van der Waals surface area contributed by atoms with Crippen LogP contribution in [-0.4, -0.2) is 27.9 Å². The van der Waals surface area contributed by atoms with E-state index in [4.69, 9.17) is 14.9 Å². The number of aromatic hydroxyl groups is 2. The summed E-state index contributed by atoms with van der Waals surface area (Å²) in [5.74, 6) is -1.11. The molecule has 5 heteroatoms. The quantitative estimate of drug-likeness (QED) is 0.507. The molecule has 82 valence electrons. The van der Waals surface area contributed by atoms with Crippen molar-refractivity contribution in [3.05, 3.63) is 23.8 Å². The van der Waals surface area contributed by atoms with Crippen molar-refractivity contribution < 1.29 is 24.9 Å². The van der Waals surface area contributed by atoms with E-state index in [0.717, 1.165) is 0 Å². The lowest BCUT2D eigenvalue weighted by Crippen LogP contribution is -2.12. The first-order valence-corrected chi connectivity index (χ1v) is 4.34. The zero-order valence-corrected chi connectivity index (χ0v) is 8.17. The van der Waals surface area contributed by atoms with Gasteiger partial charge in [0.25, 0.3) is 0 Å². The van der Waals surface area contributed by atoms with E-state index in [9.17, 15) is 9.90 Å². The molecule has 0 saturated heterocycles. The van der Waals surface area contributed by atoms with Crippen molar-refractivity contribution >= 4 is 5.97 Å². The first kappa shape index (κ1) is 11.3. The Morgan fingerprint density at radius 3 is 2.53 bits per heavy atom. The van der Waals surface area contributed by atoms with Crippen LogP contribution in [0.5, 0.6) is 11.5 Å². The molecule has 1 atom stereocenters. The van der Waals surface area contributed by atoms with Crippen molar-refractivity contribution in [2.24, 2.45) is 0 Å². The fourth-order valence-electron chi connectivity index (χ4n) is 1.15. The number of hydrogen-bond donors (Lipinski definition) is 3. The maximum Gasteiger partial charge on any atom is 0.303 e. The van der Waals surface area contributed by atoms with Crippen LogP contribution in [0.1, 0.15) is 18.6 Å². The molecule has 1 rings (SSSR count). The Balaban J connectivity index is 2.92. The fraction of sp³-hybridized carbons (Fsp3) is 0.300. The van der Waals surface area contributed by atoms with E-state index >= 15 is 0 Å². The Kier molecular flexibility index (Phi) is 3.51. The molecule has 0 heterocycles. The molecule has 0 aliphatic carbocycles. The van der Waals surface area contributed by atoms with E-state index in [1.54, 1.807) is 0 Å². The molecule has 0 aliphatic rings. The standard InChI is InChI=1S/C10H12O5/c1-6(12)15-10(5-11)7-2-3-8(13)9(14)4-7/h2-4,10-11,13-14H,5H2,1H3. The lowest BCUT2D eigenvalue weighted by Gasteiger charge is -2.14. The minimum atomic E-state index is -0.825. The molecule has 0 aromatic heterocycles. The second kappa shape index (κ2) is 4.65. The van der Waals surface area contributed by atoms with Crippen LogP contribution in [0.2, 0.25) is 0 Å². The van der Waals surface area contributed by atoms with E-state index in [-0.39, 0.29) is 18.1 Å². The van der Waals surface area contributed by atoms with Crippen molar-refractivity contribution in [2.45, 2.75) is 13.0 Å². The number of benzene rings is 1. The number of aliphatic hydroxyl groups is 1. The van der Waals surface area contributed by atoms with Crippen molar-refractivity contribution in [3.63, 3.8) is 0 Å². The number of aliphatic hydroxyl groups excluding tert-OH is 1. The van der Waals surface area contributed by atoms with Crippen molar-refractivity contribution in [3.8, 4) is 11.5 Å². The van der Waals surface area contributed by atoms with Crippen LogP contribution in [0, 0.1) is 0 Å². The minimum Gasteiger partial charge on any atom is -0.504 e. The molecule has 1 aromatic carbocycles. The number of carbonyl (C=O) groups is 1. The Bertz CT molecular complexity index is 361. The predicted molar refractivity (Wildman–Crippen MR) is 51.4 cm³/mol. The van der Waals surface area contributed by atoms with Gasteiger partial charge in [-0.15, -0.1) is 0 Å². The van der Waals surface area contributed by atoms with E-state index in [1.807, 2.05) is 0 Å². The van der Waals surface area contributed by atoms with E-state index < -0.39 is 12.1 Å². The smallest absolute Gasteiger partial charge is 0.303 e. The Morgan fingerprint density at radius 1 is 1.40 bits per heavy atom. The third-order valence-corrected chi connectivity index (χ3v) is 1.85. The summed E-state index contributed by atoms with van der Waals surface area (Å²) in [5.41, 5.74) is 0.419. The molecule has 15 heavy (non-hydrogen) atoms. The maximum atomic E-state index is 10.7. The second-order valence-corrected chi connectivity index (χ2v) is 3.03. The van der Waals surface area contributed by atoms with Gasteiger partial charge in [0.15, 0.2) is 11.5 Å². The summed E-state index contributed by atoms with van der Waals surface area (Å²) in [4.78, 5) is 10.7. The van der Waals surface area contributed by atoms with Gasteiger partial charge in [-0.1, -0.05) is 6.07 Å². The number of esters is 1. The van der Waals surface area contributed by atoms with Crippen LogP contribution in [0.25, 0.3) is 0 Å². The summed E-state index contributed by atoms with van der Waals surface area (Å²) in [6.07, 6.45) is -0.825. The Morgan fingerprint density at radius 2 is 2.07 bits per heavy atom. The highest BCUT2D eigenvalue weighted by atomic mass is 16.5. The Hall–Kier alpha value is -1.75. The average Bonchev–Trinajstić information content (AvgIpc) is 2.18. The summed E-state index contributed by atoms with van der Waals surface area (Å²) in [7, 11) is 0. The number of carbonyl (C=O) groups excluding carboxylic acids is 1. The van der Waals surface area contributed by atoms with Crippen molar-refractivity contribution in [1.29, 1.82) is 0 Å². The molecule has 0 fully saturated rings. The Labute approximate surface area is 86.5 Å². The molecular weight excluding hydrogens is 200 g/mol. The molecule has 0 amide bonds. The van der Waals surface area contributed by atoms with Gasteiger partial charge in [0.05, 0.1) is 6.61 Å². The topological polar surface area (TPSA) is 87.0 Å². The average molecular weight is 212 g/mol. The molecule has 0 radical (unpaired) electrons. The molecule has 0 bridgehead atoms. The fourth-order valence-corrected chi connectivity index (χ4v) is 1.15. The highest BCUT2D eigenvalue weighted by Gasteiger charge is 2.14. The van der Waals surface area contributed by atoms with Gasteiger partial charge >= 0.3 is 5.97 Å². The number of phenolic OH excluding ortho intramolecular Hbond substituents is 2. The van der Waals surface area contributed by atoms with Gasteiger partial charge in [-0.25, -0.2) is 0 Å². The van der Waals surface area contributed by atoms with E-state index in [0.29, 0.717) is 5.56 Å². The predicted octanol–water partition coefficient (Wildman–Crippen LogP) is 0.694. The second-order valence-electron chi connectivity index (χ2n) is 3.03. The van der Waals surface area contributed by atoms with Crippen molar-refractivity contribution in [1.82, 2.24) is 0 Å². The lowest BCUT2D eigenvalue weighted by atomic mass is 10.1. The molecule has 1 aromatic rings. The zero-order chi connectivity index (χ0) is 11.4. The van der Waals surface area contributed by atoms with Crippen LogP contribution in [0.4, 0.5) is 0 Å². The van der Waals surface area contributed by atoms with Gasteiger partial charge in [0.2, 0.25) is 0 Å². The largest absolute Gasteiger partial charge is 0.504 e. The van der Waals surface area contributed by atoms with E-state index in [1.165, 1.54) is 25.1 Å². The third-order valence-electron chi connectivity index (χ3n) is 1.85. The van der Waals surface area contributed by atoms with Gasteiger partial charge in [0.1, 0.15) is 6.10 Å². The summed E-state index contributed by atoms with van der Waals surface area (Å²) in [6, 6.07) is 3.95. The first-order chi connectivity index (χ1) is 7.04. The molecule has 1 unspecified atom stereocenters. The number of hydrogen-bond acceptors (Lipinski definition) is 5. The summed E-state index contributed by atoms with van der Waals surface area (Å²) < 4.78 is 4.80. The van der Waals surface area contributed by atoms with Gasteiger partial charge in [-0.3, -0.25) is 4.79 Å². The number of rotatable bonds is 3.